The van der Waals surface area contributed by atoms with Gasteiger partial charge in [0.05, 0.1) is 28.7 Å². The van der Waals surface area contributed by atoms with Gasteiger partial charge in [-0.25, -0.2) is 9.78 Å². The highest BCUT2D eigenvalue weighted by Gasteiger charge is 2.32. The van der Waals surface area contributed by atoms with Crippen molar-refractivity contribution in [2.75, 3.05) is 6.54 Å². The number of imidazole rings is 1. The van der Waals surface area contributed by atoms with E-state index in [4.69, 9.17) is 9.15 Å². The molecule has 0 radical (unpaired) electrons. The van der Waals surface area contributed by atoms with Gasteiger partial charge in [0.25, 0.3) is 0 Å². The largest absolute Gasteiger partial charge is 0.456 e. The summed E-state index contributed by atoms with van der Waals surface area (Å²) >= 11 is 3.42. The van der Waals surface area contributed by atoms with Gasteiger partial charge in [-0.1, -0.05) is 46.3 Å². The molecule has 1 aliphatic rings. The second kappa shape index (κ2) is 9.28. The molecule has 8 heteroatoms. The van der Waals surface area contributed by atoms with E-state index < -0.39 is 0 Å². The zero-order chi connectivity index (χ0) is 24.6. The van der Waals surface area contributed by atoms with Gasteiger partial charge in [0, 0.05) is 16.6 Å². The Morgan fingerprint density at radius 1 is 1.08 bits per heavy atom. The predicted octanol–water partition coefficient (Wildman–Crippen LogP) is 6.57. The molecule has 3 heterocycles. The van der Waals surface area contributed by atoms with Crippen molar-refractivity contribution in [1.29, 1.82) is 0 Å². The number of nitrogens with zero attached hydrogens (tertiary/aromatic N) is 2. The van der Waals surface area contributed by atoms with Crippen molar-refractivity contribution in [3.63, 3.8) is 0 Å². The minimum Gasteiger partial charge on any atom is -0.456 e. The molecule has 0 saturated carbocycles. The van der Waals surface area contributed by atoms with E-state index >= 15 is 0 Å². The third kappa shape index (κ3) is 4.18. The molecule has 0 spiro atoms. The van der Waals surface area contributed by atoms with E-state index in [1.807, 2.05) is 42.5 Å². The molecular weight excluding hydrogens is 522 g/mol. The van der Waals surface area contributed by atoms with Crippen LogP contribution >= 0.6 is 15.9 Å². The Morgan fingerprint density at radius 3 is 2.81 bits per heavy atom. The van der Waals surface area contributed by atoms with Crippen LogP contribution in [0.2, 0.25) is 0 Å². The number of carbonyl (C=O) groups is 1. The van der Waals surface area contributed by atoms with E-state index in [0.717, 1.165) is 34.1 Å². The lowest BCUT2D eigenvalue weighted by Crippen LogP contribution is -2.31. The molecule has 1 fully saturated rings. The number of halogens is 1. The van der Waals surface area contributed by atoms with Gasteiger partial charge >= 0.3 is 6.09 Å². The van der Waals surface area contributed by atoms with Gasteiger partial charge < -0.3 is 14.1 Å². The monoisotopic (exact) mass is 543 g/mol. The van der Waals surface area contributed by atoms with Crippen LogP contribution in [0, 0.1) is 0 Å². The van der Waals surface area contributed by atoms with Crippen LogP contribution in [0.1, 0.15) is 30.1 Å². The van der Waals surface area contributed by atoms with E-state index in [0.29, 0.717) is 34.3 Å². The van der Waals surface area contributed by atoms with Crippen LogP contribution in [0.15, 0.2) is 86.6 Å². The first-order chi connectivity index (χ1) is 17.6. The van der Waals surface area contributed by atoms with Gasteiger partial charge in [0.15, 0.2) is 0 Å². The van der Waals surface area contributed by atoms with E-state index in [9.17, 15) is 9.59 Å². The minimum absolute atomic E-state index is 0.0875. The molecule has 3 aromatic carbocycles. The molecule has 36 heavy (non-hydrogen) atoms. The standard InChI is InChI=1S/C28H22BrN3O4/c29-19-9-10-20-25(14-19)36-24-11-8-18(13-21(24)26(20)33)27-30-15-22(31-27)23-7-4-12-32(23)28(34)35-16-17-5-2-1-3-6-17/h1-3,5-6,8-11,13-15,23H,4,7,12,16H2,(H,30,31)/t23-/m0/s1. The number of rotatable bonds is 4. The highest BCUT2D eigenvalue weighted by Crippen LogP contribution is 2.33. The van der Waals surface area contributed by atoms with E-state index in [1.54, 1.807) is 35.4 Å². The highest BCUT2D eigenvalue weighted by atomic mass is 79.9. The van der Waals surface area contributed by atoms with Crippen molar-refractivity contribution in [2.45, 2.75) is 25.5 Å². The summed E-state index contributed by atoms with van der Waals surface area (Å²) in [6.07, 6.45) is 3.14. The van der Waals surface area contributed by atoms with Gasteiger partial charge in [-0.05, 0) is 54.8 Å². The van der Waals surface area contributed by atoms with E-state index in [2.05, 4.69) is 25.9 Å². The molecule has 1 amide bonds. The topological polar surface area (TPSA) is 88.4 Å². The van der Waals surface area contributed by atoms with Crippen LogP contribution in [-0.4, -0.2) is 27.5 Å². The number of amides is 1. The first kappa shape index (κ1) is 22.5. The van der Waals surface area contributed by atoms with Gasteiger partial charge in [0.1, 0.15) is 23.6 Å². The molecule has 0 unspecified atom stereocenters. The number of benzene rings is 3. The molecule has 1 atom stereocenters. The van der Waals surface area contributed by atoms with Crippen molar-refractivity contribution in [2.24, 2.45) is 0 Å². The number of nitrogens with one attached hydrogen (secondary N) is 1. The third-order valence-corrected chi connectivity index (χ3v) is 7.05. The molecule has 7 nitrogen and oxygen atoms in total. The number of hydrogen-bond donors (Lipinski definition) is 1. The van der Waals surface area contributed by atoms with Crippen molar-refractivity contribution in [3.05, 3.63) is 98.9 Å². The Kier molecular flexibility index (Phi) is 5.81. The van der Waals surface area contributed by atoms with Crippen molar-refractivity contribution in [1.82, 2.24) is 14.9 Å². The van der Waals surface area contributed by atoms with Crippen molar-refractivity contribution >= 4 is 44.0 Å². The Bertz CT molecular complexity index is 1640. The minimum atomic E-state index is -0.334. The quantitative estimate of drug-likeness (QED) is 0.259. The number of fused-ring (bicyclic) bond motifs is 2. The Balaban J connectivity index is 1.25. The van der Waals surface area contributed by atoms with Crippen LogP contribution in [0.5, 0.6) is 0 Å². The predicted molar refractivity (Wildman–Crippen MR) is 141 cm³/mol. The summed E-state index contributed by atoms with van der Waals surface area (Å²) in [4.78, 5) is 35.6. The van der Waals surface area contributed by atoms with Crippen LogP contribution in [-0.2, 0) is 11.3 Å². The number of H-pyrrole nitrogens is 1. The number of aromatic nitrogens is 2. The maximum atomic E-state index is 13.1. The molecular formula is C28H22BrN3O4. The van der Waals surface area contributed by atoms with Crippen molar-refractivity contribution < 1.29 is 13.9 Å². The fourth-order valence-corrected chi connectivity index (χ4v) is 5.08. The molecule has 180 valence electrons. The molecule has 6 rings (SSSR count). The fourth-order valence-electron chi connectivity index (χ4n) is 4.74. The smallest absolute Gasteiger partial charge is 0.410 e. The zero-order valence-electron chi connectivity index (χ0n) is 19.2. The number of ether oxygens (including phenoxy) is 1. The molecule has 1 N–H and O–H groups in total. The van der Waals surface area contributed by atoms with Crippen molar-refractivity contribution in [3.8, 4) is 11.4 Å². The number of carbonyl (C=O) groups excluding carboxylic acids is 1. The second-order valence-corrected chi connectivity index (χ2v) is 9.78. The van der Waals surface area contributed by atoms with Crippen LogP contribution in [0.4, 0.5) is 4.79 Å². The highest BCUT2D eigenvalue weighted by molar-refractivity contribution is 9.10. The Hall–Kier alpha value is -3.91. The van der Waals surface area contributed by atoms with Gasteiger partial charge in [-0.2, -0.15) is 0 Å². The molecule has 1 saturated heterocycles. The summed E-state index contributed by atoms with van der Waals surface area (Å²) in [5, 5.41) is 1.02. The average molecular weight is 544 g/mol. The number of likely N-dealkylation sites (tertiary alicyclic amines) is 1. The van der Waals surface area contributed by atoms with Gasteiger partial charge in [-0.15, -0.1) is 0 Å². The van der Waals surface area contributed by atoms with Crippen LogP contribution in [0.3, 0.4) is 0 Å². The second-order valence-electron chi connectivity index (χ2n) is 8.86. The zero-order valence-corrected chi connectivity index (χ0v) is 20.8. The first-order valence-electron chi connectivity index (χ1n) is 11.8. The summed E-state index contributed by atoms with van der Waals surface area (Å²) in [6, 6.07) is 20.3. The van der Waals surface area contributed by atoms with Crippen LogP contribution < -0.4 is 5.43 Å². The fraction of sp³-hybridized carbons (Fsp3) is 0.179. The lowest BCUT2D eigenvalue weighted by atomic mass is 10.1. The SMILES string of the molecule is O=C(OCc1ccccc1)N1CCC[C@H]1c1cnc(-c2ccc3oc4cc(Br)ccc4c(=O)c3c2)[nH]1. The Morgan fingerprint density at radius 2 is 1.94 bits per heavy atom. The summed E-state index contributed by atoms with van der Waals surface area (Å²) in [5.41, 5.74) is 3.53. The maximum Gasteiger partial charge on any atom is 0.410 e. The Labute approximate surface area is 214 Å². The van der Waals surface area contributed by atoms with E-state index in [1.165, 1.54) is 0 Å². The summed E-state index contributed by atoms with van der Waals surface area (Å²) < 4.78 is 12.4. The molecule has 5 aromatic rings. The average Bonchev–Trinajstić information content (AvgIpc) is 3.58. The lowest BCUT2D eigenvalue weighted by molar-refractivity contribution is 0.0915. The molecule has 2 aromatic heterocycles. The maximum absolute atomic E-state index is 13.1. The number of aromatic amines is 1. The van der Waals surface area contributed by atoms with E-state index in [-0.39, 0.29) is 24.2 Å². The summed E-state index contributed by atoms with van der Waals surface area (Å²) in [6.45, 7) is 0.870. The number of hydrogen-bond acceptors (Lipinski definition) is 5. The summed E-state index contributed by atoms with van der Waals surface area (Å²) in [7, 11) is 0. The van der Waals surface area contributed by atoms with Gasteiger partial charge in [0.2, 0.25) is 5.43 Å². The molecule has 0 bridgehead atoms. The third-order valence-electron chi connectivity index (χ3n) is 6.55. The first-order valence-corrected chi connectivity index (χ1v) is 12.5. The lowest BCUT2D eigenvalue weighted by Gasteiger charge is -2.23. The van der Waals surface area contributed by atoms with Gasteiger partial charge in [-0.3, -0.25) is 9.69 Å². The summed E-state index contributed by atoms with van der Waals surface area (Å²) in [5.74, 6) is 0.631. The van der Waals surface area contributed by atoms with Crippen LogP contribution in [0.25, 0.3) is 33.3 Å². The molecule has 0 aliphatic carbocycles. The normalized spacial score (nSPS) is 15.6. The molecule has 1 aliphatic heterocycles.